The fraction of sp³-hybridized carbons (Fsp3) is 0.731. The van der Waals surface area contributed by atoms with E-state index in [-0.39, 0.29) is 0 Å². The van der Waals surface area contributed by atoms with Gasteiger partial charge < -0.3 is 47.4 Å². The Bertz CT molecular complexity index is 1090. The normalized spacial score (nSPS) is 31.5. The molecule has 0 spiro atoms. The monoisotopic (exact) mass is 698 g/mol. The van der Waals surface area contributed by atoms with Crippen LogP contribution in [0.5, 0.6) is 0 Å². The molecule has 0 aromatic heterocycles. The molecule has 0 saturated carbocycles. The lowest BCUT2D eigenvalue weighted by molar-refractivity contribution is -0.341. The third-order valence-corrected chi connectivity index (χ3v) is 6.61. The van der Waals surface area contributed by atoms with Crippen molar-refractivity contribution in [1.29, 1.82) is 0 Å². The second-order valence-corrected chi connectivity index (χ2v) is 10.5. The van der Waals surface area contributed by atoms with Gasteiger partial charge in [0.15, 0.2) is 41.8 Å². The van der Waals surface area contributed by atoms with Gasteiger partial charge in [-0.25, -0.2) is 0 Å². The Balaban J connectivity index is 2.66. The van der Waals surface area contributed by atoms with Crippen LogP contribution in [0.2, 0.25) is 0 Å². The molecule has 2 aliphatic heterocycles. The van der Waals surface area contributed by atoms with Crippen LogP contribution in [0.4, 0.5) is 0 Å². The minimum Gasteiger partial charge on any atom is -0.463 e. The summed E-state index contributed by atoms with van der Waals surface area (Å²) in [4.78, 5) is 83.8. The van der Waals surface area contributed by atoms with Crippen LogP contribution >= 0.6 is 15.9 Å². The highest BCUT2D eigenvalue weighted by molar-refractivity contribution is 9.09. The molecule has 0 aliphatic carbocycles. The van der Waals surface area contributed by atoms with Crippen LogP contribution in [0, 0.1) is 0 Å². The summed E-state index contributed by atoms with van der Waals surface area (Å²) < 4.78 is 55.2. The number of hydrogen-bond acceptors (Lipinski definition) is 17. The molecular formula is C26H35BrO17. The molecule has 0 N–H and O–H groups in total. The van der Waals surface area contributed by atoms with Gasteiger partial charge in [0.05, 0.1) is 0 Å². The molecule has 44 heavy (non-hydrogen) atoms. The van der Waals surface area contributed by atoms with Crippen molar-refractivity contribution in [3.05, 3.63) is 0 Å². The van der Waals surface area contributed by atoms with Crippen LogP contribution in [0.1, 0.15) is 48.5 Å². The van der Waals surface area contributed by atoms with Gasteiger partial charge in [-0.2, -0.15) is 0 Å². The van der Waals surface area contributed by atoms with Crippen molar-refractivity contribution in [1.82, 2.24) is 0 Å². The van der Waals surface area contributed by atoms with E-state index in [1.165, 1.54) is 0 Å². The fourth-order valence-electron chi connectivity index (χ4n) is 4.46. The summed E-state index contributed by atoms with van der Waals surface area (Å²) in [6.45, 7) is 6.57. The van der Waals surface area contributed by atoms with Crippen LogP contribution in [-0.2, 0) is 80.9 Å². The van der Waals surface area contributed by atoms with Crippen molar-refractivity contribution in [2.75, 3.05) is 13.2 Å². The predicted octanol–water partition coefficient (Wildman–Crippen LogP) is 0.00100. The molecule has 2 aliphatic rings. The van der Waals surface area contributed by atoms with Crippen LogP contribution in [0.25, 0.3) is 0 Å². The second-order valence-electron chi connectivity index (χ2n) is 9.64. The van der Waals surface area contributed by atoms with Gasteiger partial charge in [0, 0.05) is 48.5 Å². The van der Waals surface area contributed by atoms with E-state index in [9.17, 15) is 33.6 Å². The lowest BCUT2D eigenvalue weighted by Gasteiger charge is -2.48. The van der Waals surface area contributed by atoms with E-state index < -0.39 is 115 Å². The first-order valence-electron chi connectivity index (χ1n) is 13.2. The molecule has 0 amide bonds. The third-order valence-electron chi connectivity index (χ3n) is 5.87. The number of carbonyl (C=O) groups is 7. The quantitative estimate of drug-likeness (QED) is 0.158. The van der Waals surface area contributed by atoms with Gasteiger partial charge in [-0.15, -0.1) is 0 Å². The molecule has 2 saturated heterocycles. The maximum Gasteiger partial charge on any atom is 0.303 e. The van der Waals surface area contributed by atoms with E-state index in [1.54, 1.807) is 0 Å². The third kappa shape index (κ3) is 11.0. The number of esters is 7. The number of ether oxygens (including phenoxy) is 10. The molecule has 0 aromatic rings. The first-order chi connectivity index (χ1) is 20.5. The molecule has 0 radical (unpaired) electrons. The molecule has 18 heteroatoms. The number of rotatable bonds is 11. The van der Waals surface area contributed by atoms with Crippen LogP contribution < -0.4 is 0 Å². The van der Waals surface area contributed by atoms with Gasteiger partial charge in [-0.1, -0.05) is 15.9 Å². The van der Waals surface area contributed by atoms with Gasteiger partial charge in [0.1, 0.15) is 31.5 Å². The second kappa shape index (κ2) is 16.6. The van der Waals surface area contributed by atoms with E-state index in [2.05, 4.69) is 15.9 Å². The van der Waals surface area contributed by atoms with Gasteiger partial charge in [-0.3, -0.25) is 33.6 Å². The van der Waals surface area contributed by atoms with Crippen LogP contribution in [0.15, 0.2) is 0 Å². The average molecular weight is 699 g/mol. The summed E-state index contributed by atoms with van der Waals surface area (Å²) in [7, 11) is 0. The Hall–Kier alpha value is -3.35. The first-order valence-corrected chi connectivity index (χ1v) is 14.1. The van der Waals surface area contributed by atoms with Crippen LogP contribution in [0.3, 0.4) is 0 Å². The van der Waals surface area contributed by atoms with E-state index in [0.717, 1.165) is 48.5 Å². The van der Waals surface area contributed by atoms with Crippen molar-refractivity contribution in [2.45, 2.75) is 109 Å². The van der Waals surface area contributed by atoms with Crippen molar-refractivity contribution < 1.29 is 80.9 Å². The van der Waals surface area contributed by atoms with Gasteiger partial charge in [0.2, 0.25) is 0 Å². The Morgan fingerprint density at radius 3 is 1.27 bits per heavy atom. The van der Waals surface area contributed by atoms with E-state index in [4.69, 9.17) is 47.4 Å². The number of halogens is 1. The zero-order valence-electron chi connectivity index (χ0n) is 25.0. The van der Waals surface area contributed by atoms with Crippen LogP contribution in [-0.4, -0.2) is 115 Å². The smallest absolute Gasteiger partial charge is 0.303 e. The van der Waals surface area contributed by atoms with Crippen molar-refractivity contribution in [3.63, 3.8) is 0 Å². The summed E-state index contributed by atoms with van der Waals surface area (Å²) in [6, 6.07) is 0. The lowest BCUT2D eigenvalue weighted by Crippen LogP contribution is -2.66. The average Bonchev–Trinajstić information content (AvgIpc) is 2.87. The summed E-state index contributed by atoms with van der Waals surface area (Å²) in [5.41, 5.74) is 0. The number of carbonyl (C=O) groups excluding carboxylic acids is 7. The molecule has 17 nitrogen and oxygen atoms in total. The first kappa shape index (κ1) is 36.8. The largest absolute Gasteiger partial charge is 0.463 e. The molecule has 0 aromatic carbocycles. The molecular weight excluding hydrogens is 664 g/mol. The highest BCUT2D eigenvalue weighted by atomic mass is 79.9. The molecule has 10 atom stereocenters. The van der Waals surface area contributed by atoms with E-state index >= 15 is 0 Å². The molecule has 0 bridgehead atoms. The zero-order chi connectivity index (χ0) is 33.3. The van der Waals surface area contributed by atoms with Gasteiger partial charge in [-0.05, 0) is 0 Å². The minimum atomic E-state index is -1.73. The van der Waals surface area contributed by atoms with Crippen molar-refractivity contribution in [3.8, 4) is 0 Å². The molecule has 6 unspecified atom stereocenters. The molecule has 248 valence electrons. The van der Waals surface area contributed by atoms with E-state index in [0.29, 0.717) is 0 Å². The van der Waals surface area contributed by atoms with Gasteiger partial charge in [0.25, 0.3) is 0 Å². The lowest BCUT2D eigenvalue weighted by atomic mass is 9.96. The summed E-state index contributed by atoms with van der Waals surface area (Å²) in [5, 5.41) is -1.09. The van der Waals surface area contributed by atoms with Gasteiger partial charge >= 0.3 is 41.8 Å². The molecule has 2 heterocycles. The maximum absolute atomic E-state index is 12.2. The minimum absolute atomic E-state index is 0.460. The summed E-state index contributed by atoms with van der Waals surface area (Å²) in [5.74, 6) is -5.63. The SMILES string of the molecule is CC(=O)OCC1OC(Br)[C@@H](OC(C)=O)C(OC(C)=O)[C@@H]1OC1OC(COC(C)=O)[C@H](OC(C)=O)C(OC(C)=O)[C@@H]1OC(C)=O. The zero-order valence-corrected chi connectivity index (χ0v) is 26.6. The summed E-state index contributed by atoms with van der Waals surface area (Å²) >= 11 is 3.23. The Morgan fingerprint density at radius 2 is 0.841 bits per heavy atom. The standard InChI is InChI=1S/C26H35BrO17/c1-10(28)35-8-17-20(21(38-13(4)31)23(25(27)42-17)40-15(6)33)44-26-24(41-16(7)34)22(39-14(5)32)19(37-12(3)30)18(43-26)9-36-11(2)29/h17-26H,8-9H2,1-7H3/t17?,18?,19-,20+,21?,22?,23-,24-,25?,26?/m0/s1. The molecule has 2 fully saturated rings. The number of alkyl halides is 1. The topological polar surface area (TPSA) is 212 Å². The summed E-state index contributed by atoms with van der Waals surface area (Å²) in [6.07, 6.45) is -13.2. The maximum atomic E-state index is 12.2. The van der Waals surface area contributed by atoms with E-state index in [1.807, 2.05) is 0 Å². The van der Waals surface area contributed by atoms with Crippen molar-refractivity contribution in [2.24, 2.45) is 0 Å². The Kier molecular flexibility index (Phi) is 13.9. The Morgan fingerprint density at radius 1 is 0.477 bits per heavy atom. The van der Waals surface area contributed by atoms with Crippen molar-refractivity contribution >= 4 is 57.7 Å². The predicted molar refractivity (Wildman–Crippen MR) is 142 cm³/mol. The fourth-order valence-corrected chi connectivity index (χ4v) is 5.15. The highest BCUT2D eigenvalue weighted by Crippen LogP contribution is 2.36. The number of hydrogen-bond donors (Lipinski definition) is 0. The highest BCUT2D eigenvalue weighted by Gasteiger charge is 2.57. The molecule has 2 rings (SSSR count). The Labute approximate surface area is 260 Å².